The predicted molar refractivity (Wildman–Crippen MR) is 68.4 cm³/mol. The summed E-state index contributed by atoms with van der Waals surface area (Å²) in [6.07, 6.45) is 0. The summed E-state index contributed by atoms with van der Waals surface area (Å²) in [5.41, 5.74) is 0.989. The molecule has 1 unspecified atom stereocenters. The van der Waals surface area contributed by atoms with Crippen molar-refractivity contribution in [3.63, 3.8) is 0 Å². The summed E-state index contributed by atoms with van der Waals surface area (Å²) in [4.78, 5) is 4.10. The molecule has 0 aliphatic carbocycles. The van der Waals surface area contributed by atoms with E-state index in [9.17, 15) is 4.39 Å². The van der Waals surface area contributed by atoms with Gasteiger partial charge in [-0.1, -0.05) is 11.2 Å². The average molecular weight is 314 g/mol. The predicted octanol–water partition coefficient (Wildman–Crippen LogP) is 3.13. The minimum Gasteiger partial charge on any atom is -0.340 e. The zero-order valence-corrected chi connectivity index (χ0v) is 11.7. The van der Waals surface area contributed by atoms with E-state index in [1.165, 1.54) is 6.07 Å². The Morgan fingerprint density at radius 3 is 2.89 bits per heavy atom. The molecule has 2 rings (SSSR count). The molecule has 0 saturated heterocycles. The zero-order valence-electron chi connectivity index (χ0n) is 10.1. The molecule has 0 aliphatic heterocycles. The van der Waals surface area contributed by atoms with Crippen LogP contribution in [-0.2, 0) is 6.54 Å². The second kappa shape index (κ2) is 5.58. The fraction of sp³-hybridized carbons (Fsp3) is 0.333. The maximum atomic E-state index is 13.1. The fourth-order valence-corrected chi connectivity index (χ4v) is 1.95. The standard InChI is InChI=1S/C12H13BrFN3O/c1-7(9-3-4-11(14)10(13)5-9)15-6-12-16-8(2)18-17-12/h3-5,7,15H,6H2,1-2H3. The number of aryl methyl sites for hydroxylation is 1. The molecule has 4 nitrogen and oxygen atoms in total. The molecule has 0 saturated carbocycles. The first-order chi connectivity index (χ1) is 8.56. The maximum absolute atomic E-state index is 13.1. The summed E-state index contributed by atoms with van der Waals surface area (Å²) in [6.45, 7) is 4.25. The normalized spacial score (nSPS) is 12.7. The Kier molecular flexibility index (Phi) is 4.08. The first kappa shape index (κ1) is 13.2. The van der Waals surface area contributed by atoms with Crippen molar-refractivity contribution in [2.75, 3.05) is 0 Å². The molecule has 1 aromatic heterocycles. The van der Waals surface area contributed by atoms with Crippen LogP contribution >= 0.6 is 15.9 Å². The van der Waals surface area contributed by atoms with Crippen LogP contribution in [0.5, 0.6) is 0 Å². The van der Waals surface area contributed by atoms with E-state index in [1.807, 2.05) is 6.92 Å². The van der Waals surface area contributed by atoms with Gasteiger partial charge in [0.25, 0.3) is 0 Å². The molecule has 6 heteroatoms. The van der Waals surface area contributed by atoms with Crippen molar-refractivity contribution in [1.29, 1.82) is 0 Å². The highest BCUT2D eigenvalue weighted by atomic mass is 79.9. The van der Waals surface area contributed by atoms with Gasteiger partial charge in [-0.25, -0.2) is 4.39 Å². The molecule has 0 aliphatic rings. The van der Waals surface area contributed by atoms with Crippen molar-refractivity contribution in [2.24, 2.45) is 0 Å². The lowest BCUT2D eigenvalue weighted by Crippen LogP contribution is -2.18. The van der Waals surface area contributed by atoms with Gasteiger partial charge in [-0.05, 0) is 40.5 Å². The van der Waals surface area contributed by atoms with Crippen LogP contribution in [-0.4, -0.2) is 10.1 Å². The molecule has 0 fully saturated rings. The molecule has 0 amide bonds. The first-order valence-corrected chi connectivity index (χ1v) is 6.33. The number of nitrogens with zero attached hydrogens (tertiary/aromatic N) is 2. The van der Waals surface area contributed by atoms with E-state index in [-0.39, 0.29) is 11.9 Å². The molecule has 2 aromatic rings. The summed E-state index contributed by atoms with van der Waals surface area (Å²) >= 11 is 3.17. The fourth-order valence-electron chi connectivity index (χ4n) is 1.56. The Balaban J connectivity index is 1.99. The SMILES string of the molecule is Cc1nc(CNC(C)c2ccc(F)c(Br)c2)no1. The van der Waals surface area contributed by atoms with Crippen molar-refractivity contribution in [3.05, 3.63) is 45.8 Å². The highest BCUT2D eigenvalue weighted by molar-refractivity contribution is 9.10. The highest BCUT2D eigenvalue weighted by Gasteiger charge is 2.09. The molecule has 1 aromatic carbocycles. The van der Waals surface area contributed by atoms with Crippen LogP contribution in [0.15, 0.2) is 27.2 Å². The third-order valence-electron chi connectivity index (χ3n) is 2.58. The van der Waals surface area contributed by atoms with Crippen LogP contribution in [0, 0.1) is 12.7 Å². The van der Waals surface area contributed by atoms with Gasteiger partial charge in [-0.3, -0.25) is 0 Å². The molecule has 0 bridgehead atoms. The number of nitrogens with one attached hydrogen (secondary N) is 1. The van der Waals surface area contributed by atoms with E-state index in [1.54, 1.807) is 19.1 Å². The van der Waals surface area contributed by atoms with Gasteiger partial charge in [0.15, 0.2) is 5.82 Å². The Morgan fingerprint density at radius 2 is 2.28 bits per heavy atom. The first-order valence-electron chi connectivity index (χ1n) is 5.54. The number of halogens is 2. The minimum absolute atomic E-state index is 0.0701. The largest absolute Gasteiger partial charge is 0.340 e. The van der Waals surface area contributed by atoms with Gasteiger partial charge in [0, 0.05) is 13.0 Å². The van der Waals surface area contributed by atoms with E-state index in [2.05, 4.69) is 31.4 Å². The Bertz CT molecular complexity index is 544. The van der Waals surface area contributed by atoms with Gasteiger partial charge in [-0.15, -0.1) is 0 Å². The topological polar surface area (TPSA) is 51.0 Å². The van der Waals surface area contributed by atoms with Gasteiger partial charge in [0.2, 0.25) is 5.89 Å². The summed E-state index contributed by atoms with van der Waals surface area (Å²) in [5, 5.41) is 7.04. The van der Waals surface area contributed by atoms with Crippen molar-refractivity contribution in [2.45, 2.75) is 26.4 Å². The Morgan fingerprint density at radius 1 is 1.50 bits per heavy atom. The van der Waals surface area contributed by atoms with Crippen molar-refractivity contribution in [1.82, 2.24) is 15.5 Å². The lowest BCUT2D eigenvalue weighted by Gasteiger charge is -2.13. The van der Waals surface area contributed by atoms with E-state index in [4.69, 9.17) is 4.52 Å². The molecule has 1 heterocycles. The van der Waals surface area contributed by atoms with E-state index in [0.29, 0.717) is 22.7 Å². The number of hydrogen-bond donors (Lipinski definition) is 1. The summed E-state index contributed by atoms with van der Waals surface area (Å²) in [7, 11) is 0. The molecule has 96 valence electrons. The Hall–Kier alpha value is -1.27. The third-order valence-corrected chi connectivity index (χ3v) is 3.19. The number of hydrogen-bond acceptors (Lipinski definition) is 4. The summed E-state index contributed by atoms with van der Waals surface area (Å²) < 4.78 is 18.5. The quantitative estimate of drug-likeness (QED) is 0.942. The van der Waals surface area contributed by atoms with Crippen LogP contribution in [0.1, 0.15) is 30.2 Å². The third kappa shape index (κ3) is 3.14. The Labute approximate surface area is 113 Å². The number of rotatable bonds is 4. The van der Waals surface area contributed by atoms with Crippen LogP contribution in [0.25, 0.3) is 0 Å². The summed E-state index contributed by atoms with van der Waals surface area (Å²) in [6, 6.07) is 5.02. The monoisotopic (exact) mass is 313 g/mol. The molecular weight excluding hydrogens is 301 g/mol. The summed E-state index contributed by atoms with van der Waals surface area (Å²) in [5.74, 6) is 0.893. The lowest BCUT2D eigenvalue weighted by molar-refractivity contribution is 0.384. The molecule has 1 N–H and O–H groups in total. The minimum atomic E-state index is -0.264. The van der Waals surface area contributed by atoms with Crippen molar-refractivity contribution in [3.8, 4) is 0 Å². The maximum Gasteiger partial charge on any atom is 0.223 e. The highest BCUT2D eigenvalue weighted by Crippen LogP contribution is 2.21. The van der Waals surface area contributed by atoms with Crippen molar-refractivity contribution < 1.29 is 8.91 Å². The second-order valence-electron chi connectivity index (χ2n) is 4.01. The number of benzene rings is 1. The van der Waals surface area contributed by atoms with Gasteiger partial charge in [0.1, 0.15) is 5.82 Å². The van der Waals surface area contributed by atoms with E-state index >= 15 is 0 Å². The smallest absolute Gasteiger partial charge is 0.223 e. The van der Waals surface area contributed by atoms with Gasteiger partial charge in [-0.2, -0.15) is 4.98 Å². The van der Waals surface area contributed by atoms with E-state index in [0.717, 1.165) is 5.56 Å². The lowest BCUT2D eigenvalue weighted by atomic mass is 10.1. The average Bonchev–Trinajstić information content (AvgIpc) is 2.75. The van der Waals surface area contributed by atoms with Crippen LogP contribution in [0.3, 0.4) is 0 Å². The molecule has 0 spiro atoms. The molecular formula is C12H13BrFN3O. The second-order valence-corrected chi connectivity index (χ2v) is 4.86. The van der Waals surface area contributed by atoms with Crippen LogP contribution in [0.4, 0.5) is 4.39 Å². The van der Waals surface area contributed by atoms with Gasteiger partial charge in [0.05, 0.1) is 11.0 Å². The number of aromatic nitrogens is 2. The van der Waals surface area contributed by atoms with E-state index < -0.39 is 0 Å². The zero-order chi connectivity index (χ0) is 13.1. The molecule has 0 radical (unpaired) electrons. The molecule has 1 atom stereocenters. The van der Waals surface area contributed by atoms with Gasteiger partial charge < -0.3 is 9.84 Å². The molecule has 18 heavy (non-hydrogen) atoms. The van der Waals surface area contributed by atoms with Gasteiger partial charge >= 0.3 is 0 Å². The van der Waals surface area contributed by atoms with Crippen LogP contribution in [0.2, 0.25) is 0 Å². The van der Waals surface area contributed by atoms with Crippen LogP contribution < -0.4 is 5.32 Å². The van der Waals surface area contributed by atoms with Crippen molar-refractivity contribution >= 4 is 15.9 Å².